The van der Waals surface area contributed by atoms with Gasteiger partial charge in [-0.05, 0) is 11.6 Å². The van der Waals surface area contributed by atoms with E-state index in [1.807, 2.05) is 6.07 Å². The van der Waals surface area contributed by atoms with Gasteiger partial charge >= 0.3 is 0 Å². The number of methoxy groups -OCH3 is 1. The Labute approximate surface area is 124 Å². The number of benzene rings is 1. The highest BCUT2D eigenvalue weighted by Crippen LogP contribution is 2.22. The van der Waals surface area contributed by atoms with Gasteiger partial charge in [0.2, 0.25) is 0 Å². The van der Waals surface area contributed by atoms with Crippen LogP contribution < -0.4 is 10.1 Å². The van der Waals surface area contributed by atoms with Crippen molar-refractivity contribution in [1.29, 1.82) is 0 Å². The van der Waals surface area contributed by atoms with Crippen LogP contribution in [0.2, 0.25) is 0 Å². The van der Waals surface area contributed by atoms with E-state index in [1.54, 1.807) is 6.07 Å². The smallest absolute Gasteiger partial charge is 0.273 e. The number of hydrogen-bond donors (Lipinski definition) is 1. The van der Waals surface area contributed by atoms with Crippen LogP contribution in [0.5, 0.6) is 5.75 Å². The zero-order valence-corrected chi connectivity index (χ0v) is 12.2. The second-order valence-electron chi connectivity index (χ2n) is 4.93. The first kappa shape index (κ1) is 15.7. The molecule has 0 bridgehead atoms. The summed E-state index contributed by atoms with van der Waals surface area (Å²) in [6, 6.07) is 4.82. The van der Waals surface area contributed by atoms with Crippen molar-refractivity contribution in [3.63, 3.8) is 0 Å². The van der Waals surface area contributed by atoms with E-state index in [9.17, 15) is 10.1 Å². The lowest BCUT2D eigenvalue weighted by Crippen LogP contribution is -2.40. The summed E-state index contributed by atoms with van der Waals surface area (Å²) in [5.41, 5.74) is 0.905. The summed E-state index contributed by atoms with van der Waals surface area (Å²) < 4.78 is 10.4. The quantitative estimate of drug-likeness (QED) is 0.460. The minimum Gasteiger partial charge on any atom is -0.496 e. The van der Waals surface area contributed by atoms with Crippen LogP contribution in [0.4, 0.5) is 5.69 Å². The van der Waals surface area contributed by atoms with Gasteiger partial charge in [-0.2, -0.15) is 0 Å². The molecule has 1 heterocycles. The van der Waals surface area contributed by atoms with Crippen molar-refractivity contribution in [2.24, 2.45) is 0 Å². The maximum absolute atomic E-state index is 10.9. The number of non-ortho nitro benzene ring substituents is 1. The lowest BCUT2D eigenvalue weighted by molar-refractivity contribution is -0.385. The molecule has 0 radical (unpaired) electrons. The number of nitrogens with zero attached hydrogens (tertiary/aromatic N) is 2. The highest BCUT2D eigenvalue weighted by Gasteiger charge is 2.11. The molecule has 1 aliphatic heterocycles. The number of ether oxygens (including phenoxy) is 2. The number of nitro benzene ring substituents is 1. The van der Waals surface area contributed by atoms with Gasteiger partial charge in [0.05, 0.1) is 31.3 Å². The maximum atomic E-state index is 10.9. The molecular weight excluding hydrogens is 274 g/mol. The predicted octanol–water partition coefficient (Wildman–Crippen LogP) is 1.03. The van der Waals surface area contributed by atoms with Gasteiger partial charge < -0.3 is 14.8 Å². The molecule has 2 rings (SSSR count). The normalized spacial score (nSPS) is 15.9. The average molecular weight is 295 g/mol. The van der Waals surface area contributed by atoms with E-state index in [1.165, 1.54) is 13.2 Å². The van der Waals surface area contributed by atoms with E-state index >= 15 is 0 Å². The van der Waals surface area contributed by atoms with Gasteiger partial charge in [-0.3, -0.25) is 15.0 Å². The van der Waals surface area contributed by atoms with Crippen LogP contribution in [0.15, 0.2) is 18.2 Å². The fraction of sp³-hybridized carbons (Fsp3) is 0.571. The van der Waals surface area contributed by atoms with E-state index in [4.69, 9.17) is 9.47 Å². The molecule has 0 unspecified atom stereocenters. The van der Waals surface area contributed by atoms with Gasteiger partial charge in [-0.15, -0.1) is 0 Å². The third-order valence-corrected chi connectivity index (χ3v) is 3.44. The first-order chi connectivity index (χ1) is 10.2. The first-order valence-corrected chi connectivity index (χ1v) is 7.02. The van der Waals surface area contributed by atoms with Crippen molar-refractivity contribution in [2.75, 3.05) is 46.5 Å². The van der Waals surface area contributed by atoms with Crippen LogP contribution in [0.25, 0.3) is 0 Å². The van der Waals surface area contributed by atoms with Crippen LogP contribution in [-0.4, -0.2) is 56.3 Å². The molecule has 1 saturated heterocycles. The van der Waals surface area contributed by atoms with Crippen LogP contribution >= 0.6 is 0 Å². The maximum Gasteiger partial charge on any atom is 0.273 e. The predicted molar refractivity (Wildman–Crippen MR) is 78.6 cm³/mol. The highest BCUT2D eigenvalue weighted by molar-refractivity contribution is 5.42. The minimum absolute atomic E-state index is 0.0549. The molecule has 21 heavy (non-hydrogen) atoms. The highest BCUT2D eigenvalue weighted by atomic mass is 16.6. The Morgan fingerprint density at radius 1 is 1.38 bits per heavy atom. The number of nitrogens with one attached hydrogen (secondary N) is 1. The largest absolute Gasteiger partial charge is 0.496 e. The molecule has 0 aromatic heterocycles. The van der Waals surface area contributed by atoms with Gasteiger partial charge in [0.1, 0.15) is 5.75 Å². The zero-order chi connectivity index (χ0) is 15.1. The first-order valence-electron chi connectivity index (χ1n) is 7.02. The van der Waals surface area contributed by atoms with E-state index in [0.29, 0.717) is 12.3 Å². The summed E-state index contributed by atoms with van der Waals surface area (Å²) in [7, 11) is 1.51. The van der Waals surface area contributed by atoms with Crippen LogP contribution in [-0.2, 0) is 11.3 Å². The van der Waals surface area contributed by atoms with Crippen molar-refractivity contribution in [1.82, 2.24) is 10.2 Å². The standard InChI is InChI=1S/C14H21N3O4/c1-20-14-9-12(8-13(10-14)17(18)19)11-15-2-3-16-4-6-21-7-5-16/h8-10,15H,2-7,11H2,1H3. The number of hydrogen-bond acceptors (Lipinski definition) is 6. The summed E-state index contributed by atoms with van der Waals surface area (Å²) in [5, 5.41) is 14.2. The molecular formula is C14H21N3O4. The number of rotatable bonds is 7. The second kappa shape index (κ2) is 7.92. The fourth-order valence-corrected chi connectivity index (χ4v) is 2.26. The Bertz CT molecular complexity index is 475. The van der Waals surface area contributed by atoms with Crippen molar-refractivity contribution >= 4 is 5.69 Å². The molecule has 0 saturated carbocycles. The average Bonchev–Trinajstić information content (AvgIpc) is 2.52. The van der Waals surface area contributed by atoms with Gasteiger partial charge in [0, 0.05) is 38.8 Å². The molecule has 0 aliphatic carbocycles. The molecule has 1 aromatic carbocycles. The molecule has 0 atom stereocenters. The lowest BCUT2D eigenvalue weighted by Gasteiger charge is -2.26. The Morgan fingerprint density at radius 3 is 2.81 bits per heavy atom. The van der Waals surface area contributed by atoms with E-state index in [-0.39, 0.29) is 5.69 Å². The molecule has 7 nitrogen and oxygen atoms in total. The Balaban J connectivity index is 1.81. The van der Waals surface area contributed by atoms with E-state index in [2.05, 4.69) is 10.2 Å². The topological polar surface area (TPSA) is 76.9 Å². The molecule has 116 valence electrons. The molecule has 0 amide bonds. The Morgan fingerprint density at radius 2 is 2.14 bits per heavy atom. The van der Waals surface area contributed by atoms with Crippen LogP contribution in [0.1, 0.15) is 5.56 Å². The fourth-order valence-electron chi connectivity index (χ4n) is 2.26. The molecule has 1 aliphatic rings. The monoisotopic (exact) mass is 295 g/mol. The molecule has 1 aromatic rings. The Kier molecular flexibility index (Phi) is 5.91. The van der Waals surface area contributed by atoms with Crippen LogP contribution in [0.3, 0.4) is 0 Å². The summed E-state index contributed by atoms with van der Waals surface area (Å²) in [6.45, 7) is 5.89. The SMILES string of the molecule is COc1cc(CNCCN2CCOCC2)cc([N+](=O)[O-])c1. The summed E-state index contributed by atoms with van der Waals surface area (Å²) in [5.74, 6) is 0.508. The number of morpholine rings is 1. The summed E-state index contributed by atoms with van der Waals surface area (Å²) >= 11 is 0. The summed E-state index contributed by atoms with van der Waals surface area (Å²) in [6.07, 6.45) is 0. The second-order valence-corrected chi connectivity index (χ2v) is 4.93. The number of nitro groups is 1. The molecule has 1 fully saturated rings. The van der Waals surface area contributed by atoms with E-state index < -0.39 is 4.92 Å². The third kappa shape index (κ3) is 4.96. The van der Waals surface area contributed by atoms with Gasteiger partial charge in [0.25, 0.3) is 5.69 Å². The van der Waals surface area contributed by atoms with Crippen LogP contribution in [0, 0.1) is 10.1 Å². The van der Waals surface area contributed by atoms with Gasteiger partial charge in [0.15, 0.2) is 0 Å². The van der Waals surface area contributed by atoms with E-state index in [0.717, 1.165) is 45.0 Å². The van der Waals surface area contributed by atoms with Crippen molar-refractivity contribution in [2.45, 2.75) is 6.54 Å². The zero-order valence-electron chi connectivity index (χ0n) is 12.2. The molecule has 1 N–H and O–H groups in total. The third-order valence-electron chi connectivity index (χ3n) is 3.44. The summed E-state index contributed by atoms with van der Waals surface area (Å²) in [4.78, 5) is 12.8. The Hall–Kier alpha value is -1.70. The van der Waals surface area contributed by atoms with Gasteiger partial charge in [-0.1, -0.05) is 0 Å². The minimum atomic E-state index is -0.403. The van der Waals surface area contributed by atoms with Crippen molar-refractivity contribution in [3.8, 4) is 5.75 Å². The molecule has 7 heteroatoms. The lowest BCUT2D eigenvalue weighted by atomic mass is 10.2. The van der Waals surface area contributed by atoms with Crippen molar-refractivity contribution < 1.29 is 14.4 Å². The van der Waals surface area contributed by atoms with Gasteiger partial charge in [-0.25, -0.2) is 0 Å². The molecule has 0 spiro atoms. The van der Waals surface area contributed by atoms with Crippen molar-refractivity contribution in [3.05, 3.63) is 33.9 Å².